The first kappa shape index (κ1) is 17.4. The number of para-hydroxylation sites is 1. The zero-order valence-corrected chi connectivity index (χ0v) is 14.7. The molecule has 0 radical (unpaired) electrons. The monoisotopic (exact) mass is 364 g/mol. The molecule has 0 fully saturated rings. The van der Waals surface area contributed by atoms with E-state index < -0.39 is 0 Å². The van der Waals surface area contributed by atoms with E-state index in [0.29, 0.717) is 48.4 Å². The molecule has 26 heavy (non-hydrogen) atoms. The fraction of sp³-hybridized carbons (Fsp3) is 0.235. The highest BCUT2D eigenvalue weighted by Gasteiger charge is 2.16. The van der Waals surface area contributed by atoms with Gasteiger partial charge >= 0.3 is 0 Å². The van der Waals surface area contributed by atoms with Crippen LogP contribution in [0.1, 0.15) is 12.8 Å². The molecule has 0 saturated heterocycles. The Balaban J connectivity index is 1.87. The molecule has 2 heterocycles. The fourth-order valence-electron chi connectivity index (χ4n) is 2.46. The van der Waals surface area contributed by atoms with E-state index in [-0.39, 0.29) is 0 Å². The second-order valence-electron chi connectivity index (χ2n) is 5.37. The van der Waals surface area contributed by atoms with Crippen molar-refractivity contribution in [1.29, 1.82) is 10.5 Å². The lowest BCUT2D eigenvalue weighted by Crippen LogP contribution is -2.27. The molecule has 0 atom stereocenters. The Kier molecular flexibility index (Phi) is 5.42. The summed E-state index contributed by atoms with van der Waals surface area (Å²) in [4.78, 5) is 14.8. The molecule has 3 N–H and O–H groups in total. The molecule has 0 aliphatic carbocycles. The number of aromatic nitrogens is 3. The summed E-state index contributed by atoms with van der Waals surface area (Å²) in [6.07, 6.45) is 2.04. The number of nitrogens with zero attached hydrogens (tertiary/aromatic N) is 6. The van der Waals surface area contributed by atoms with Crippen molar-refractivity contribution in [2.75, 3.05) is 29.0 Å². The summed E-state index contributed by atoms with van der Waals surface area (Å²) in [5.41, 5.74) is 7.52. The molecule has 0 amide bonds. The summed E-state index contributed by atoms with van der Waals surface area (Å²) in [7, 11) is 0. The highest BCUT2D eigenvalue weighted by molar-refractivity contribution is 7.22. The number of hydrogen-bond donors (Lipinski definition) is 2. The standard InChI is InChI=1S/C17H16N8S/c18-7-3-9-25(10-4-8-19)16-14(20)15(21-11-22-16)24-17-23-12-5-1-2-6-13(12)26-17/h1-2,5-6,11H,3-4,9-10,20H2,(H,21,22,23,24). The average molecular weight is 364 g/mol. The summed E-state index contributed by atoms with van der Waals surface area (Å²) >= 11 is 1.50. The van der Waals surface area contributed by atoms with Crippen LogP contribution in [0.5, 0.6) is 0 Å². The Morgan fingerprint density at radius 2 is 1.85 bits per heavy atom. The minimum atomic E-state index is 0.315. The van der Waals surface area contributed by atoms with Crippen molar-refractivity contribution in [2.45, 2.75) is 12.8 Å². The van der Waals surface area contributed by atoms with E-state index in [1.54, 1.807) is 0 Å². The highest BCUT2D eigenvalue weighted by Crippen LogP contribution is 2.32. The van der Waals surface area contributed by atoms with Gasteiger partial charge in [0.1, 0.15) is 12.0 Å². The fourth-order valence-corrected chi connectivity index (χ4v) is 3.32. The van der Waals surface area contributed by atoms with E-state index in [0.717, 1.165) is 10.2 Å². The lowest BCUT2D eigenvalue weighted by atomic mass is 10.3. The van der Waals surface area contributed by atoms with Crippen LogP contribution in [0.2, 0.25) is 0 Å². The third-order valence-corrected chi connectivity index (χ3v) is 4.62. The molecular formula is C17H16N8S. The normalized spacial score (nSPS) is 10.2. The van der Waals surface area contributed by atoms with Crippen molar-refractivity contribution in [2.24, 2.45) is 0 Å². The second kappa shape index (κ2) is 8.10. The molecule has 9 heteroatoms. The van der Waals surface area contributed by atoms with Crippen molar-refractivity contribution in [3.05, 3.63) is 30.6 Å². The Hall–Kier alpha value is -3.43. The molecule has 8 nitrogen and oxygen atoms in total. The molecule has 2 aromatic heterocycles. The lowest BCUT2D eigenvalue weighted by Gasteiger charge is -2.23. The van der Waals surface area contributed by atoms with Crippen molar-refractivity contribution in [3.8, 4) is 12.1 Å². The van der Waals surface area contributed by atoms with Crippen molar-refractivity contribution in [3.63, 3.8) is 0 Å². The summed E-state index contributed by atoms with van der Waals surface area (Å²) in [6, 6.07) is 12.0. The Bertz CT molecular complexity index is 933. The predicted octanol–water partition coefficient (Wildman–Crippen LogP) is 3.05. The van der Waals surface area contributed by atoms with E-state index in [9.17, 15) is 0 Å². The molecule has 1 aromatic carbocycles. The maximum atomic E-state index is 8.85. The first-order valence-corrected chi connectivity index (χ1v) is 8.76. The molecular weight excluding hydrogens is 348 g/mol. The molecule has 0 saturated carbocycles. The van der Waals surface area contributed by atoms with Crippen LogP contribution in [0.25, 0.3) is 10.2 Å². The van der Waals surface area contributed by atoms with Crippen molar-refractivity contribution >= 4 is 44.0 Å². The zero-order valence-electron chi connectivity index (χ0n) is 13.9. The van der Waals surface area contributed by atoms with Gasteiger partial charge in [0.25, 0.3) is 0 Å². The van der Waals surface area contributed by atoms with Gasteiger partial charge in [-0.15, -0.1) is 0 Å². The van der Waals surface area contributed by atoms with Crippen LogP contribution in [0, 0.1) is 22.7 Å². The third-order valence-electron chi connectivity index (χ3n) is 3.67. The number of benzene rings is 1. The molecule has 3 aromatic rings. The van der Waals surface area contributed by atoms with Crippen molar-refractivity contribution < 1.29 is 0 Å². The number of nitriles is 2. The van der Waals surface area contributed by atoms with Crippen LogP contribution in [0.4, 0.5) is 22.5 Å². The summed E-state index contributed by atoms with van der Waals surface area (Å²) in [6.45, 7) is 0.889. The van der Waals surface area contributed by atoms with Gasteiger partial charge in [-0.05, 0) is 12.1 Å². The van der Waals surface area contributed by atoms with E-state index >= 15 is 0 Å². The summed E-state index contributed by atoms with van der Waals surface area (Å²) < 4.78 is 1.06. The number of anilines is 4. The molecule has 0 bridgehead atoms. The van der Waals surface area contributed by atoms with E-state index in [2.05, 4.69) is 32.4 Å². The minimum Gasteiger partial charge on any atom is -0.393 e. The predicted molar refractivity (Wildman–Crippen MR) is 102 cm³/mol. The number of hydrogen-bond acceptors (Lipinski definition) is 9. The Morgan fingerprint density at radius 3 is 2.54 bits per heavy atom. The number of nitrogens with one attached hydrogen (secondary N) is 1. The van der Waals surface area contributed by atoms with Crippen LogP contribution in [0.15, 0.2) is 30.6 Å². The lowest BCUT2D eigenvalue weighted by molar-refractivity contribution is 0.782. The van der Waals surface area contributed by atoms with Gasteiger partial charge in [-0.2, -0.15) is 10.5 Å². The smallest absolute Gasteiger partial charge is 0.189 e. The van der Waals surface area contributed by atoms with E-state index in [1.807, 2.05) is 29.2 Å². The number of nitrogen functional groups attached to an aromatic ring is 1. The van der Waals surface area contributed by atoms with Crippen LogP contribution < -0.4 is 16.0 Å². The van der Waals surface area contributed by atoms with Gasteiger partial charge in [0.05, 0.1) is 35.2 Å². The van der Waals surface area contributed by atoms with Gasteiger partial charge in [0.2, 0.25) is 0 Å². The van der Waals surface area contributed by atoms with Gasteiger partial charge in [-0.3, -0.25) is 0 Å². The van der Waals surface area contributed by atoms with Crippen LogP contribution in [0.3, 0.4) is 0 Å². The van der Waals surface area contributed by atoms with Gasteiger partial charge < -0.3 is 16.0 Å². The van der Waals surface area contributed by atoms with E-state index in [4.69, 9.17) is 16.3 Å². The largest absolute Gasteiger partial charge is 0.393 e. The molecule has 130 valence electrons. The number of fused-ring (bicyclic) bond motifs is 1. The molecule has 0 unspecified atom stereocenters. The number of rotatable bonds is 7. The van der Waals surface area contributed by atoms with E-state index in [1.165, 1.54) is 17.7 Å². The average Bonchev–Trinajstić information content (AvgIpc) is 3.06. The van der Waals surface area contributed by atoms with Gasteiger partial charge in [-0.1, -0.05) is 23.5 Å². The summed E-state index contributed by atoms with van der Waals surface area (Å²) in [5.74, 6) is 0.960. The topological polar surface area (TPSA) is 128 Å². The zero-order chi connectivity index (χ0) is 18.4. The van der Waals surface area contributed by atoms with Gasteiger partial charge in [0, 0.05) is 13.1 Å². The van der Waals surface area contributed by atoms with Crippen LogP contribution in [-0.2, 0) is 0 Å². The van der Waals surface area contributed by atoms with Crippen LogP contribution >= 0.6 is 11.3 Å². The summed E-state index contributed by atoms with van der Waals surface area (Å²) in [5, 5.41) is 21.5. The first-order chi connectivity index (χ1) is 12.7. The van der Waals surface area contributed by atoms with Crippen molar-refractivity contribution in [1.82, 2.24) is 15.0 Å². The number of thiazole rings is 1. The first-order valence-electron chi connectivity index (χ1n) is 7.95. The number of nitrogens with two attached hydrogens (primary N) is 1. The maximum absolute atomic E-state index is 8.85. The quantitative estimate of drug-likeness (QED) is 0.654. The molecule has 0 aliphatic rings. The SMILES string of the molecule is N#CCCN(CCC#N)c1ncnc(Nc2nc3ccccc3s2)c1N. The Labute approximate surface area is 154 Å². The maximum Gasteiger partial charge on any atom is 0.189 e. The molecule has 3 rings (SSSR count). The van der Waals surface area contributed by atoms with Gasteiger partial charge in [-0.25, -0.2) is 15.0 Å². The molecule has 0 spiro atoms. The Morgan fingerprint density at radius 1 is 1.12 bits per heavy atom. The molecule has 0 aliphatic heterocycles. The highest BCUT2D eigenvalue weighted by atomic mass is 32.1. The third kappa shape index (κ3) is 3.79. The van der Waals surface area contributed by atoms with Gasteiger partial charge in [0.15, 0.2) is 16.8 Å². The van der Waals surface area contributed by atoms with Crippen LogP contribution in [-0.4, -0.2) is 28.0 Å². The minimum absolute atomic E-state index is 0.315. The second-order valence-corrected chi connectivity index (χ2v) is 6.41.